The van der Waals surface area contributed by atoms with Crippen LogP contribution in [0.5, 0.6) is 0 Å². The predicted octanol–water partition coefficient (Wildman–Crippen LogP) is 2.25. The highest BCUT2D eigenvalue weighted by Gasteiger charge is 2.38. The molecule has 0 spiro atoms. The van der Waals surface area contributed by atoms with Gasteiger partial charge >= 0.3 is 5.97 Å². The maximum atomic E-state index is 13.3. The number of nitrogens with one attached hydrogen (secondary N) is 1. The summed E-state index contributed by atoms with van der Waals surface area (Å²) in [5, 5.41) is 16.8. The van der Waals surface area contributed by atoms with Crippen LogP contribution in [0.3, 0.4) is 0 Å². The van der Waals surface area contributed by atoms with E-state index in [9.17, 15) is 19.1 Å². The van der Waals surface area contributed by atoms with Crippen molar-refractivity contribution in [3.8, 4) is 5.69 Å². The molecule has 1 aromatic carbocycles. The molecule has 2 aromatic rings. The number of benzene rings is 1. The zero-order chi connectivity index (χ0) is 19.7. The van der Waals surface area contributed by atoms with E-state index >= 15 is 0 Å². The van der Waals surface area contributed by atoms with Crippen LogP contribution >= 0.6 is 0 Å². The molecule has 2 N–H and O–H groups in total. The van der Waals surface area contributed by atoms with E-state index < -0.39 is 11.5 Å². The van der Waals surface area contributed by atoms with Crippen LogP contribution in [-0.4, -0.2) is 45.5 Å². The minimum absolute atomic E-state index is 0.150. The number of amides is 1. The summed E-state index contributed by atoms with van der Waals surface area (Å²) in [6, 6.07) is 5.99. The van der Waals surface area contributed by atoms with Gasteiger partial charge in [0.25, 0.3) is 5.91 Å². The molecule has 2 heterocycles. The van der Waals surface area contributed by atoms with Gasteiger partial charge in [0.15, 0.2) is 5.69 Å². The number of rotatable bonds is 5. The Morgan fingerprint density at radius 3 is 2.61 bits per heavy atom. The molecule has 1 fully saturated rings. The van der Waals surface area contributed by atoms with E-state index in [0.717, 1.165) is 30.5 Å². The average molecular weight is 387 g/mol. The second-order valence-electron chi connectivity index (χ2n) is 7.43. The van der Waals surface area contributed by atoms with Gasteiger partial charge in [0.2, 0.25) is 0 Å². The number of aromatic nitrogens is 2. The maximum absolute atomic E-state index is 13.3. The molecule has 0 unspecified atom stereocenters. The molecule has 1 amide bonds. The zero-order valence-corrected chi connectivity index (χ0v) is 15.4. The van der Waals surface area contributed by atoms with Crippen molar-refractivity contribution in [3.05, 3.63) is 47.0 Å². The van der Waals surface area contributed by atoms with Gasteiger partial charge in [-0.1, -0.05) is 0 Å². The van der Waals surface area contributed by atoms with Crippen LogP contribution in [0.25, 0.3) is 5.69 Å². The van der Waals surface area contributed by atoms with E-state index in [1.807, 2.05) is 0 Å². The summed E-state index contributed by atoms with van der Waals surface area (Å²) in [5.41, 5.74) is 2.04. The summed E-state index contributed by atoms with van der Waals surface area (Å²) in [6.07, 6.45) is 3.21. The molecule has 1 aromatic heterocycles. The molecule has 8 heteroatoms. The standard InChI is InChI=1S/C20H22FN3O4/c21-13-4-6-14(7-5-13)24-16-3-1-2-15(16)18(23-24)19(27)22-20(12-17(25)26)8-10-28-11-9-20/h4-7H,1-3,8-12H2,(H,22,27)(H,25,26). The second-order valence-corrected chi connectivity index (χ2v) is 7.43. The molecule has 28 heavy (non-hydrogen) atoms. The van der Waals surface area contributed by atoms with Gasteiger partial charge in [0, 0.05) is 24.5 Å². The van der Waals surface area contributed by atoms with E-state index in [0.29, 0.717) is 37.4 Å². The van der Waals surface area contributed by atoms with Gasteiger partial charge < -0.3 is 15.2 Å². The monoisotopic (exact) mass is 387 g/mol. The molecule has 1 saturated heterocycles. The van der Waals surface area contributed by atoms with Crippen LogP contribution in [0.4, 0.5) is 4.39 Å². The van der Waals surface area contributed by atoms with Crippen LogP contribution < -0.4 is 5.32 Å². The number of carboxylic acids is 1. The summed E-state index contributed by atoms with van der Waals surface area (Å²) in [6.45, 7) is 0.825. The minimum Gasteiger partial charge on any atom is -0.481 e. The van der Waals surface area contributed by atoms with Crippen LogP contribution in [0.15, 0.2) is 24.3 Å². The predicted molar refractivity (Wildman–Crippen MR) is 98.1 cm³/mol. The molecule has 1 aliphatic heterocycles. The zero-order valence-electron chi connectivity index (χ0n) is 15.4. The van der Waals surface area contributed by atoms with Gasteiger partial charge in [-0.05, 0) is 56.4 Å². The van der Waals surface area contributed by atoms with Crippen molar-refractivity contribution in [3.63, 3.8) is 0 Å². The molecule has 148 valence electrons. The number of aliphatic carboxylic acids is 1. The molecular formula is C20H22FN3O4. The summed E-state index contributed by atoms with van der Waals surface area (Å²) >= 11 is 0. The highest BCUT2D eigenvalue weighted by molar-refractivity contribution is 5.95. The molecule has 0 saturated carbocycles. The lowest BCUT2D eigenvalue weighted by Crippen LogP contribution is -2.53. The first-order valence-corrected chi connectivity index (χ1v) is 9.46. The number of carbonyl (C=O) groups is 2. The molecule has 7 nitrogen and oxygen atoms in total. The summed E-state index contributed by atoms with van der Waals surface area (Å²) < 4.78 is 20.3. The van der Waals surface area contributed by atoms with Gasteiger partial charge in [0.1, 0.15) is 5.82 Å². The average Bonchev–Trinajstić information content (AvgIpc) is 3.25. The molecule has 4 rings (SSSR count). The Balaban J connectivity index is 1.65. The number of hydrogen-bond acceptors (Lipinski definition) is 4. The highest BCUT2D eigenvalue weighted by Crippen LogP contribution is 2.30. The Bertz CT molecular complexity index is 901. The van der Waals surface area contributed by atoms with Gasteiger partial charge in [-0.15, -0.1) is 0 Å². The topological polar surface area (TPSA) is 93.5 Å². The fourth-order valence-electron chi connectivity index (χ4n) is 4.11. The number of nitrogens with zero attached hydrogens (tertiary/aromatic N) is 2. The Hall–Kier alpha value is -2.74. The molecule has 2 aliphatic rings. The summed E-state index contributed by atoms with van der Waals surface area (Å²) in [7, 11) is 0. The van der Waals surface area contributed by atoms with E-state index in [2.05, 4.69) is 10.4 Å². The van der Waals surface area contributed by atoms with Crippen molar-refractivity contribution in [2.75, 3.05) is 13.2 Å². The molecule has 0 bridgehead atoms. The molecule has 0 atom stereocenters. The normalized spacial score (nSPS) is 17.9. The van der Waals surface area contributed by atoms with Crippen LogP contribution in [0.1, 0.15) is 47.4 Å². The van der Waals surface area contributed by atoms with Crippen molar-refractivity contribution in [2.24, 2.45) is 0 Å². The van der Waals surface area contributed by atoms with Crippen molar-refractivity contribution in [1.29, 1.82) is 0 Å². The van der Waals surface area contributed by atoms with Crippen molar-refractivity contribution >= 4 is 11.9 Å². The number of halogens is 1. The lowest BCUT2D eigenvalue weighted by molar-refractivity contribution is -0.139. The fourth-order valence-corrected chi connectivity index (χ4v) is 4.11. The van der Waals surface area contributed by atoms with Crippen molar-refractivity contribution < 1.29 is 23.8 Å². The smallest absolute Gasteiger partial charge is 0.305 e. The molecular weight excluding hydrogens is 365 g/mol. The fraction of sp³-hybridized carbons (Fsp3) is 0.450. The third-order valence-electron chi connectivity index (χ3n) is 5.53. The van der Waals surface area contributed by atoms with Crippen molar-refractivity contribution in [1.82, 2.24) is 15.1 Å². The summed E-state index contributed by atoms with van der Waals surface area (Å²) in [4.78, 5) is 24.4. The third-order valence-corrected chi connectivity index (χ3v) is 5.53. The number of ether oxygens (including phenoxy) is 1. The van der Waals surface area contributed by atoms with E-state index in [4.69, 9.17) is 4.74 Å². The first-order valence-electron chi connectivity index (χ1n) is 9.46. The maximum Gasteiger partial charge on any atom is 0.305 e. The number of carbonyl (C=O) groups excluding carboxylic acids is 1. The largest absolute Gasteiger partial charge is 0.481 e. The lowest BCUT2D eigenvalue weighted by Gasteiger charge is -2.36. The highest BCUT2D eigenvalue weighted by atomic mass is 19.1. The van der Waals surface area contributed by atoms with E-state index in [1.165, 1.54) is 12.1 Å². The quantitative estimate of drug-likeness (QED) is 0.821. The lowest BCUT2D eigenvalue weighted by atomic mass is 9.86. The Morgan fingerprint density at radius 1 is 1.21 bits per heavy atom. The van der Waals surface area contributed by atoms with Crippen LogP contribution in [0, 0.1) is 5.82 Å². The summed E-state index contributed by atoms with van der Waals surface area (Å²) in [5.74, 6) is -1.65. The van der Waals surface area contributed by atoms with Crippen LogP contribution in [0.2, 0.25) is 0 Å². The van der Waals surface area contributed by atoms with Crippen molar-refractivity contribution in [2.45, 2.75) is 44.1 Å². The SMILES string of the molecule is O=C(O)CC1(NC(=O)c2nn(-c3ccc(F)cc3)c3c2CCC3)CCOCC1. The van der Waals surface area contributed by atoms with Gasteiger partial charge in [0.05, 0.1) is 17.6 Å². The van der Waals surface area contributed by atoms with E-state index in [-0.39, 0.29) is 18.1 Å². The first kappa shape index (κ1) is 18.6. The minimum atomic E-state index is -0.954. The van der Waals surface area contributed by atoms with Gasteiger partial charge in [-0.3, -0.25) is 9.59 Å². The van der Waals surface area contributed by atoms with Gasteiger partial charge in [-0.2, -0.15) is 5.10 Å². The third kappa shape index (κ3) is 3.52. The van der Waals surface area contributed by atoms with Gasteiger partial charge in [-0.25, -0.2) is 9.07 Å². The number of carboxylic acid groups (broad SMARTS) is 1. The first-order chi connectivity index (χ1) is 13.5. The molecule has 1 aliphatic carbocycles. The Labute approximate surface area is 161 Å². The van der Waals surface area contributed by atoms with E-state index in [1.54, 1.807) is 16.8 Å². The molecule has 0 radical (unpaired) electrons. The Morgan fingerprint density at radius 2 is 1.93 bits per heavy atom. The number of hydrogen-bond donors (Lipinski definition) is 2. The Kier molecular flexibility index (Phi) is 4.89. The second kappa shape index (κ2) is 7.35. The van der Waals surface area contributed by atoms with Crippen LogP contribution in [-0.2, 0) is 22.4 Å². The number of fused-ring (bicyclic) bond motifs is 1.